The second-order valence-electron chi connectivity index (χ2n) is 6.34. The summed E-state index contributed by atoms with van der Waals surface area (Å²) in [5.41, 5.74) is 0. The van der Waals surface area contributed by atoms with Crippen molar-refractivity contribution in [2.75, 3.05) is 45.0 Å². The molecule has 1 unspecified atom stereocenters. The van der Waals surface area contributed by atoms with Gasteiger partial charge in [-0.25, -0.2) is 0 Å². The molecule has 0 saturated carbocycles. The van der Waals surface area contributed by atoms with Gasteiger partial charge in [-0.3, -0.25) is 0 Å². The van der Waals surface area contributed by atoms with Crippen LogP contribution in [0.3, 0.4) is 0 Å². The fourth-order valence-corrected chi connectivity index (χ4v) is 4.35. The van der Waals surface area contributed by atoms with E-state index in [0.29, 0.717) is 5.75 Å². The van der Waals surface area contributed by atoms with Gasteiger partial charge in [0.1, 0.15) is 17.0 Å². The topological polar surface area (TPSA) is 23.5 Å². The van der Waals surface area contributed by atoms with Crippen molar-refractivity contribution in [2.45, 2.75) is 66.4 Å². The van der Waals surface area contributed by atoms with Gasteiger partial charge in [-0.15, -0.1) is 0 Å². The van der Waals surface area contributed by atoms with Crippen LogP contribution in [-0.2, 0) is 0 Å². The highest BCUT2D eigenvalue weighted by atomic mass is 79.9. The Bertz CT molecular complexity index is 311. The highest BCUT2D eigenvalue weighted by Gasteiger charge is 2.26. The Labute approximate surface area is 170 Å². The Morgan fingerprint density at radius 3 is 2.08 bits per heavy atom. The smallest absolute Gasteiger partial charge is 0.136 e. The third-order valence-corrected chi connectivity index (χ3v) is 6.51. The van der Waals surface area contributed by atoms with E-state index in [2.05, 4.69) is 39.5 Å². The Kier molecular flexibility index (Phi) is 17.8. The number of hydrogen-bond donors (Lipinski definition) is 1. The Hall–Kier alpha value is 0.640. The van der Waals surface area contributed by atoms with E-state index < -0.39 is 0 Å². The molecular formula is C18H39BrN2OS2. The monoisotopic (exact) mass is 442 g/mol. The van der Waals surface area contributed by atoms with Gasteiger partial charge < -0.3 is 31.5 Å². The highest BCUT2D eigenvalue weighted by molar-refractivity contribution is 8.22. The molecule has 0 bridgehead atoms. The lowest BCUT2D eigenvalue weighted by Gasteiger charge is -2.38. The van der Waals surface area contributed by atoms with Crippen LogP contribution in [0.15, 0.2) is 0 Å². The van der Waals surface area contributed by atoms with Crippen LogP contribution in [0, 0.1) is 0 Å². The fourth-order valence-electron chi connectivity index (χ4n) is 3.00. The summed E-state index contributed by atoms with van der Waals surface area (Å²) in [7, 11) is 0. The summed E-state index contributed by atoms with van der Waals surface area (Å²) >= 11 is 7.09. The van der Waals surface area contributed by atoms with Gasteiger partial charge in [-0.05, 0) is 40.5 Å². The maximum absolute atomic E-state index is 10.5. The summed E-state index contributed by atoms with van der Waals surface area (Å²) in [5.74, 6) is 0.713. The highest BCUT2D eigenvalue weighted by Crippen LogP contribution is 2.16. The predicted octanol–water partition coefficient (Wildman–Crippen LogP) is 1.15. The average Bonchev–Trinajstić information content (AvgIpc) is 2.57. The number of likely N-dealkylation sites (N-methyl/N-ethyl adjacent to an activating group) is 1. The molecule has 0 aromatic carbocycles. The van der Waals surface area contributed by atoms with Crippen LogP contribution in [0.2, 0.25) is 0 Å². The molecule has 6 heteroatoms. The van der Waals surface area contributed by atoms with Gasteiger partial charge in [0.15, 0.2) is 0 Å². The molecule has 0 aliphatic heterocycles. The van der Waals surface area contributed by atoms with E-state index in [1.54, 1.807) is 11.8 Å². The molecule has 0 radical (unpaired) electrons. The number of hydrogen-bond acceptors (Lipinski definition) is 3. The zero-order valence-electron chi connectivity index (χ0n) is 16.4. The summed E-state index contributed by atoms with van der Waals surface area (Å²) in [6.07, 6.45) is 4.91. The van der Waals surface area contributed by atoms with E-state index >= 15 is 0 Å². The number of nitrogens with zero attached hydrogens (tertiary/aromatic N) is 2. The minimum atomic E-state index is -0.278. The summed E-state index contributed by atoms with van der Waals surface area (Å²) in [6.45, 7) is 17.1. The first kappa shape index (κ1) is 26.9. The van der Waals surface area contributed by atoms with Crippen molar-refractivity contribution in [2.24, 2.45) is 0 Å². The third kappa shape index (κ3) is 10.6. The van der Waals surface area contributed by atoms with Crippen molar-refractivity contribution in [3.8, 4) is 0 Å². The third-order valence-electron chi connectivity index (χ3n) is 4.85. The lowest BCUT2D eigenvalue weighted by Crippen LogP contribution is -3.00. The molecule has 3 nitrogen and oxygen atoms in total. The summed E-state index contributed by atoms with van der Waals surface area (Å²) in [5, 5.41) is 10.5. The molecule has 146 valence electrons. The lowest BCUT2D eigenvalue weighted by atomic mass is 10.1. The Balaban J connectivity index is 0. The first-order valence-corrected chi connectivity index (χ1v) is 10.8. The van der Waals surface area contributed by atoms with Gasteiger partial charge in [0.05, 0.1) is 19.6 Å². The Morgan fingerprint density at radius 2 is 1.62 bits per heavy atom. The zero-order chi connectivity index (χ0) is 17.7. The van der Waals surface area contributed by atoms with Crippen molar-refractivity contribution >= 4 is 28.3 Å². The van der Waals surface area contributed by atoms with E-state index in [0.717, 1.165) is 41.5 Å². The van der Waals surface area contributed by atoms with Crippen LogP contribution in [0.5, 0.6) is 0 Å². The molecule has 0 amide bonds. The summed E-state index contributed by atoms with van der Waals surface area (Å²) in [6, 6.07) is 0. The average molecular weight is 444 g/mol. The Morgan fingerprint density at radius 1 is 1.04 bits per heavy atom. The van der Waals surface area contributed by atoms with E-state index in [1.807, 2.05) is 0 Å². The summed E-state index contributed by atoms with van der Waals surface area (Å²) in [4.78, 5) is 2.18. The second kappa shape index (κ2) is 15.9. The number of halogens is 1. The molecule has 0 rings (SSSR count). The van der Waals surface area contributed by atoms with Crippen LogP contribution in [0.1, 0.15) is 60.3 Å². The molecule has 1 N–H and O–H groups in total. The number of thiocarbonyl (C=S) groups is 1. The number of rotatable bonds is 13. The van der Waals surface area contributed by atoms with Gasteiger partial charge in [0, 0.05) is 18.8 Å². The van der Waals surface area contributed by atoms with Crippen LogP contribution in [0.25, 0.3) is 0 Å². The maximum atomic E-state index is 10.5. The van der Waals surface area contributed by atoms with E-state index in [9.17, 15) is 5.11 Å². The molecule has 0 aromatic rings. The molecule has 0 aromatic heterocycles. The van der Waals surface area contributed by atoms with Crippen LogP contribution >= 0.6 is 24.0 Å². The van der Waals surface area contributed by atoms with Gasteiger partial charge in [-0.1, -0.05) is 43.7 Å². The number of thioether (sulfide) groups is 1. The van der Waals surface area contributed by atoms with E-state index in [1.165, 1.54) is 32.2 Å². The number of aliphatic hydroxyl groups is 1. The van der Waals surface area contributed by atoms with Crippen LogP contribution in [-0.4, -0.2) is 69.9 Å². The second-order valence-corrected chi connectivity index (χ2v) is 8.00. The molecule has 0 saturated heterocycles. The standard InChI is InChI=1S/C18H39N2OS2.BrH/c1-6-11-12-13-14-20(9-4,10-5)15-17(21)16-23-18(22)19(7-2)8-3;/h17,21H,6-16H2,1-5H3;1H/q+1;/p-1. The number of aliphatic hydroxyl groups excluding tert-OH is 1. The van der Waals surface area contributed by atoms with Gasteiger partial charge in [0.2, 0.25) is 0 Å². The van der Waals surface area contributed by atoms with E-state index in [-0.39, 0.29) is 23.1 Å². The van der Waals surface area contributed by atoms with Gasteiger partial charge in [0.25, 0.3) is 0 Å². The minimum absolute atomic E-state index is 0. The van der Waals surface area contributed by atoms with Crippen LogP contribution in [0.4, 0.5) is 0 Å². The first-order valence-electron chi connectivity index (χ1n) is 9.43. The van der Waals surface area contributed by atoms with Gasteiger partial charge in [-0.2, -0.15) is 0 Å². The molecule has 0 aliphatic carbocycles. The van der Waals surface area contributed by atoms with Crippen molar-refractivity contribution in [3.63, 3.8) is 0 Å². The maximum Gasteiger partial charge on any atom is 0.136 e. The zero-order valence-corrected chi connectivity index (χ0v) is 19.6. The molecule has 24 heavy (non-hydrogen) atoms. The normalized spacial score (nSPS) is 12.6. The molecule has 0 aliphatic rings. The molecule has 1 atom stereocenters. The lowest BCUT2D eigenvalue weighted by molar-refractivity contribution is -0.927. The van der Waals surface area contributed by atoms with Crippen molar-refractivity contribution in [1.82, 2.24) is 4.90 Å². The van der Waals surface area contributed by atoms with Crippen LogP contribution < -0.4 is 17.0 Å². The molecular weight excluding hydrogens is 404 g/mol. The quantitative estimate of drug-likeness (QED) is 0.262. The van der Waals surface area contributed by atoms with Crippen molar-refractivity contribution in [1.29, 1.82) is 0 Å². The first-order chi connectivity index (χ1) is 11.0. The molecule has 0 fully saturated rings. The van der Waals surface area contributed by atoms with Crippen molar-refractivity contribution in [3.05, 3.63) is 0 Å². The largest absolute Gasteiger partial charge is 1.00 e. The van der Waals surface area contributed by atoms with E-state index in [4.69, 9.17) is 12.2 Å². The van der Waals surface area contributed by atoms with Gasteiger partial charge >= 0.3 is 0 Å². The molecule has 0 spiro atoms. The number of unbranched alkanes of at least 4 members (excludes halogenated alkanes) is 3. The fraction of sp³-hybridized carbons (Fsp3) is 0.944. The summed E-state index contributed by atoms with van der Waals surface area (Å²) < 4.78 is 1.95. The number of quaternary nitrogens is 1. The SMILES string of the molecule is CCCCCC[N+](CC)(CC)CC(O)CSC(=S)N(CC)CC.[Br-]. The van der Waals surface area contributed by atoms with Crippen molar-refractivity contribution < 1.29 is 26.6 Å². The predicted molar refractivity (Wildman–Crippen MR) is 109 cm³/mol. The minimum Gasteiger partial charge on any atom is -1.00 e. The molecule has 0 heterocycles.